The molecule has 0 unspecified atom stereocenters. The van der Waals surface area contributed by atoms with E-state index in [1.54, 1.807) is 6.92 Å². The van der Waals surface area contributed by atoms with E-state index in [0.717, 1.165) is 17.0 Å². The zero-order valence-electron chi connectivity index (χ0n) is 18.4. The van der Waals surface area contributed by atoms with Crippen molar-refractivity contribution in [2.24, 2.45) is 5.16 Å². The number of carbonyl (C=O) groups excluding carboxylic acids is 2. The molecule has 2 aromatic rings. The summed E-state index contributed by atoms with van der Waals surface area (Å²) in [6.45, 7) is 0.887. The van der Waals surface area contributed by atoms with Crippen molar-refractivity contribution in [3.8, 4) is 0 Å². The number of halogens is 4. The SMILES string of the molecule is CCON=C(C(=O)N(C)C)c1cc(C(=O)NOCCO)c(Nc2ccc(I)cc2F)c(F)c1F. The summed E-state index contributed by atoms with van der Waals surface area (Å²) in [5.41, 5.74) is -0.758. The molecule has 3 N–H and O–H groups in total. The Morgan fingerprint density at radius 1 is 1.15 bits per heavy atom. The Bertz CT molecular complexity index is 1100. The Morgan fingerprint density at radius 2 is 1.85 bits per heavy atom. The molecule has 0 atom stereocenters. The van der Waals surface area contributed by atoms with Gasteiger partial charge in [-0.3, -0.25) is 14.4 Å². The first-order valence-corrected chi connectivity index (χ1v) is 10.9. The van der Waals surface area contributed by atoms with Gasteiger partial charge >= 0.3 is 0 Å². The first kappa shape index (κ1) is 27.3. The lowest BCUT2D eigenvalue weighted by atomic mass is 10.0. The zero-order valence-corrected chi connectivity index (χ0v) is 20.6. The molecule has 184 valence electrons. The highest BCUT2D eigenvalue weighted by Gasteiger charge is 2.29. The van der Waals surface area contributed by atoms with E-state index in [4.69, 9.17) is 14.8 Å². The van der Waals surface area contributed by atoms with Crippen LogP contribution >= 0.6 is 22.6 Å². The Kier molecular flexibility index (Phi) is 10.1. The lowest BCUT2D eigenvalue weighted by Gasteiger charge is -2.18. The fourth-order valence-corrected chi connectivity index (χ4v) is 3.04. The third-order valence-electron chi connectivity index (χ3n) is 4.15. The third-order valence-corrected chi connectivity index (χ3v) is 4.82. The number of hydrogen-bond acceptors (Lipinski definition) is 7. The summed E-state index contributed by atoms with van der Waals surface area (Å²) >= 11 is 1.87. The maximum Gasteiger partial charge on any atom is 0.277 e. The lowest BCUT2D eigenvalue weighted by Crippen LogP contribution is -2.32. The summed E-state index contributed by atoms with van der Waals surface area (Å²) in [6.07, 6.45) is 0. The van der Waals surface area contributed by atoms with Crippen LogP contribution in [0.3, 0.4) is 0 Å². The van der Waals surface area contributed by atoms with Crippen molar-refractivity contribution in [2.75, 3.05) is 39.2 Å². The van der Waals surface area contributed by atoms with Crippen LogP contribution < -0.4 is 10.8 Å². The number of aliphatic hydroxyl groups is 1. The van der Waals surface area contributed by atoms with Crippen molar-refractivity contribution in [1.82, 2.24) is 10.4 Å². The minimum absolute atomic E-state index is 0.0301. The van der Waals surface area contributed by atoms with Crippen LogP contribution in [-0.2, 0) is 14.5 Å². The fraction of sp³-hybridized carbons (Fsp3) is 0.286. The number of hydroxylamine groups is 1. The first-order chi connectivity index (χ1) is 16.1. The number of nitrogens with one attached hydrogen (secondary N) is 2. The van der Waals surface area contributed by atoms with Crippen LogP contribution in [0.5, 0.6) is 0 Å². The molecule has 2 amide bonds. The minimum Gasteiger partial charge on any atom is -0.395 e. The van der Waals surface area contributed by atoms with Crippen LogP contribution in [0.25, 0.3) is 0 Å². The van der Waals surface area contributed by atoms with E-state index in [1.165, 1.54) is 26.2 Å². The Labute approximate surface area is 207 Å². The number of nitrogens with zero attached hydrogens (tertiary/aromatic N) is 2. The molecular formula is C21H22F3IN4O5. The van der Waals surface area contributed by atoms with Gasteiger partial charge in [-0.15, -0.1) is 0 Å². The molecule has 2 aromatic carbocycles. The quantitative estimate of drug-likeness (QED) is 0.169. The number of likely N-dealkylation sites (N-methyl/N-ethyl adjacent to an activating group) is 1. The molecule has 34 heavy (non-hydrogen) atoms. The number of rotatable bonds is 10. The highest BCUT2D eigenvalue weighted by Crippen LogP contribution is 2.31. The average Bonchev–Trinajstić information content (AvgIpc) is 2.79. The first-order valence-electron chi connectivity index (χ1n) is 9.81. The van der Waals surface area contributed by atoms with Crippen molar-refractivity contribution in [3.63, 3.8) is 0 Å². The number of anilines is 2. The van der Waals surface area contributed by atoms with Gasteiger partial charge < -0.3 is 20.2 Å². The summed E-state index contributed by atoms with van der Waals surface area (Å²) in [7, 11) is 2.73. The number of carbonyl (C=O) groups is 2. The molecule has 0 aliphatic heterocycles. The normalized spacial score (nSPS) is 11.2. The van der Waals surface area contributed by atoms with Crippen molar-refractivity contribution < 1.29 is 37.5 Å². The topological polar surface area (TPSA) is 112 Å². The van der Waals surface area contributed by atoms with Gasteiger partial charge in [0.15, 0.2) is 17.3 Å². The molecular weight excluding hydrogens is 572 g/mol. The fourth-order valence-electron chi connectivity index (χ4n) is 2.59. The van der Waals surface area contributed by atoms with Gasteiger partial charge in [-0.1, -0.05) is 5.16 Å². The number of benzene rings is 2. The number of oxime groups is 1. The standard InChI is InChI=1S/C21H22F3IN4O5/c1-4-33-27-19(21(32)29(2)3)12-10-13(20(31)28-34-8-7-30)18(17(24)16(12)23)26-15-6-5-11(25)9-14(15)22/h5-6,9-10,26,30H,4,7-8H2,1-3H3,(H,28,31). The molecule has 9 nitrogen and oxygen atoms in total. The Morgan fingerprint density at radius 3 is 2.44 bits per heavy atom. The van der Waals surface area contributed by atoms with Crippen molar-refractivity contribution in [2.45, 2.75) is 6.92 Å². The van der Waals surface area contributed by atoms with E-state index >= 15 is 8.78 Å². The predicted molar refractivity (Wildman–Crippen MR) is 126 cm³/mol. The van der Waals surface area contributed by atoms with Crippen LogP contribution in [0.2, 0.25) is 0 Å². The van der Waals surface area contributed by atoms with Gasteiger partial charge in [0.2, 0.25) is 0 Å². The van der Waals surface area contributed by atoms with Gasteiger partial charge in [-0.25, -0.2) is 18.7 Å². The summed E-state index contributed by atoms with van der Waals surface area (Å²) in [5, 5.41) is 14.8. The second-order valence-electron chi connectivity index (χ2n) is 6.78. The van der Waals surface area contributed by atoms with Crippen molar-refractivity contribution in [1.29, 1.82) is 0 Å². The number of hydrogen-bond donors (Lipinski definition) is 3. The van der Waals surface area contributed by atoms with Gasteiger partial charge in [0.25, 0.3) is 11.8 Å². The lowest BCUT2D eigenvalue weighted by molar-refractivity contribution is -0.121. The largest absolute Gasteiger partial charge is 0.395 e. The second-order valence-corrected chi connectivity index (χ2v) is 8.03. The van der Waals surface area contributed by atoms with E-state index in [2.05, 4.69) is 10.5 Å². The monoisotopic (exact) mass is 594 g/mol. The molecule has 0 heterocycles. The van der Waals surface area contributed by atoms with Crippen LogP contribution in [-0.4, -0.2) is 61.4 Å². The molecule has 0 aliphatic rings. The zero-order chi connectivity index (χ0) is 25.4. The molecule has 2 rings (SSSR count). The molecule has 0 bridgehead atoms. The smallest absolute Gasteiger partial charge is 0.277 e. The van der Waals surface area contributed by atoms with Crippen LogP contribution in [0.4, 0.5) is 24.5 Å². The maximum atomic E-state index is 15.3. The van der Waals surface area contributed by atoms with Gasteiger partial charge in [0.1, 0.15) is 12.4 Å². The Hall–Kier alpha value is -2.91. The molecule has 0 aromatic heterocycles. The highest BCUT2D eigenvalue weighted by atomic mass is 127. The molecule has 0 aliphatic carbocycles. The summed E-state index contributed by atoms with van der Waals surface area (Å²) in [6, 6.07) is 4.81. The summed E-state index contributed by atoms with van der Waals surface area (Å²) < 4.78 is 45.4. The maximum absolute atomic E-state index is 15.3. The molecule has 0 spiro atoms. The summed E-state index contributed by atoms with van der Waals surface area (Å²) in [4.78, 5) is 36.0. The van der Waals surface area contributed by atoms with Gasteiger partial charge in [0.05, 0.1) is 30.2 Å². The number of amides is 2. The highest BCUT2D eigenvalue weighted by molar-refractivity contribution is 14.1. The molecule has 0 fully saturated rings. The van der Waals surface area contributed by atoms with Crippen molar-refractivity contribution >= 4 is 51.5 Å². The molecule has 0 saturated heterocycles. The van der Waals surface area contributed by atoms with E-state index in [0.29, 0.717) is 3.57 Å². The van der Waals surface area contributed by atoms with E-state index in [9.17, 15) is 14.0 Å². The Balaban J connectivity index is 2.71. The van der Waals surface area contributed by atoms with E-state index in [-0.39, 0.29) is 18.9 Å². The predicted octanol–water partition coefficient (Wildman–Crippen LogP) is 2.93. The van der Waals surface area contributed by atoms with Crippen LogP contribution in [0.1, 0.15) is 22.8 Å². The van der Waals surface area contributed by atoms with Crippen LogP contribution in [0, 0.1) is 21.0 Å². The van der Waals surface area contributed by atoms with E-state index in [1.807, 2.05) is 28.1 Å². The molecule has 0 saturated carbocycles. The van der Waals surface area contributed by atoms with Gasteiger partial charge in [0, 0.05) is 23.2 Å². The van der Waals surface area contributed by atoms with Crippen LogP contribution in [0.15, 0.2) is 29.4 Å². The van der Waals surface area contributed by atoms with Gasteiger partial charge in [-0.2, -0.15) is 0 Å². The van der Waals surface area contributed by atoms with Gasteiger partial charge in [-0.05, 0) is 53.8 Å². The van der Waals surface area contributed by atoms with Crippen molar-refractivity contribution in [3.05, 3.63) is 56.4 Å². The summed E-state index contributed by atoms with van der Waals surface area (Å²) in [5.74, 6) is -5.75. The van der Waals surface area contributed by atoms with E-state index < -0.39 is 58.4 Å². The molecule has 0 radical (unpaired) electrons. The third kappa shape index (κ3) is 6.57. The molecule has 13 heteroatoms. The average molecular weight is 594 g/mol. The second kappa shape index (κ2) is 12.5. The minimum atomic E-state index is -1.57. The number of aliphatic hydroxyl groups excluding tert-OH is 1.